The monoisotopic (exact) mass is 403 g/mol. The Morgan fingerprint density at radius 3 is 2.55 bits per heavy atom. The highest BCUT2D eigenvalue weighted by Gasteiger charge is 2.69. The molecule has 1 aromatic rings. The molecule has 6 heteroatoms. The van der Waals surface area contributed by atoms with Crippen LogP contribution in [0.15, 0.2) is 24.3 Å². The third-order valence-electron chi connectivity index (χ3n) is 7.77. The van der Waals surface area contributed by atoms with Gasteiger partial charge in [-0.2, -0.15) is 0 Å². The van der Waals surface area contributed by atoms with Gasteiger partial charge in [-0.05, 0) is 49.1 Å². The summed E-state index contributed by atoms with van der Waals surface area (Å²) >= 11 is 0. The molecule has 4 heterocycles. The highest BCUT2D eigenvalue weighted by atomic mass is 17.3. The predicted molar refractivity (Wildman–Crippen MR) is 106 cm³/mol. The smallest absolute Gasteiger partial charge is 0.201 e. The van der Waals surface area contributed by atoms with Crippen LogP contribution in [0, 0.1) is 23.7 Å². The number of benzene rings is 1. The van der Waals surface area contributed by atoms with E-state index in [4.69, 9.17) is 29.7 Å². The summed E-state index contributed by atoms with van der Waals surface area (Å²) in [4.78, 5) is 12.0. The normalized spacial score (nSPS) is 46.2. The van der Waals surface area contributed by atoms with Crippen molar-refractivity contribution in [1.82, 2.24) is 0 Å². The van der Waals surface area contributed by atoms with Gasteiger partial charge in [0.25, 0.3) is 0 Å². The number of ether oxygens (including phenoxy) is 3. The second-order valence-electron chi connectivity index (χ2n) is 9.61. The van der Waals surface area contributed by atoms with Crippen LogP contribution in [0.1, 0.15) is 57.6 Å². The van der Waals surface area contributed by atoms with Crippen molar-refractivity contribution in [3.05, 3.63) is 35.4 Å². The second kappa shape index (κ2) is 7.29. The maximum atomic E-state index is 6.45. The lowest BCUT2D eigenvalue weighted by Crippen LogP contribution is -2.70. The van der Waals surface area contributed by atoms with Crippen LogP contribution in [-0.4, -0.2) is 24.0 Å². The van der Waals surface area contributed by atoms with Crippen molar-refractivity contribution in [3.8, 4) is 0 Å². The molecule has 8 atom stereocenters. The van der Waals surface area contributed by atoms with E-state index in [2.05, 4.69) is 26.0 Å². The topological polar surface area (TPSA) is 72.2 Å². The molecule has 6 rings (SSSR count). The summed E-state index contributed by atoms with van der Waals surface area (Å²) < 4.78 is 19.1. The average molecular weight is 404 g/mol. The number of nitrogens with two attached hydrogens (primary N) is 1. The number of fused-ring (bicyclic) bond motifs is 2. The molecule has 1 saturated carbocycles. The summed E-state index contributed by atoms with van der Waals surface area (Å²) in [5.74, 6) is 0.674. The zero-order valence-corrected chi connectivity index (χ0v) is 17.6. The lowest BCUT2D eigenvalue weighted by atomic mass is 9.58. The molecule has 6 nitrogen and oxygen atoms in total. The SMILES string of the molecule is C[C@H]1[C@@H](OCc2ccc(CN)cc2)O[C@@H]2O[C@]3(C)CC[C@H]4[C@H](C)CC[C@@H]1[C@@]24OO3. The molecule has 0 aromatic heterocycles. The van der Waals surface area contributed by atoms with Gasteiger partial charge in [0.05, 0.1) is 6.61 Å². The Kier molecular flexibility index (Phi) is 5.01. The zero-order valence-electron chi connectivity index (χ0n) is 17.6. The van der Waals surface area contributed by atoms with Crippen molar-refractivity contribution in [3.63, 3.8) is 0 Å². The van der Waals surface area contributed by atoms with E-state index in [1.807, 2.05) is 19.1 Å². The lowest BCUT2D eigenvalue weighted by molar-refractivity contribution is -0.577. The Labute approximate surface area is 172 Å². The molecule has 1 aromatic carbocycles. The van der Waals surface area contributed by atoms with E-state index in [-0.39, 0.29) is 18.1 Å². The fourth-order valence-corrected chi connectivity index (χ4v) is 6.01. The summed E-state index contributed by atoms with van der Waals surface area (Å²) in [7, 11) is 0. The first-order valence-corrected chi connectivity index (χ1v) is 11.0. The summed E-state index contributed by atoms with van der Waals surface area (Å²) in [5.41, 5.74) is 7.39. The first-order chi connectivity index (χ1) is 13.9. The van der Waals surface area contributed by atoms with E-state index in [0.29, 0.717) is 25.0 Å². The molecule has 160 valence electrons. The van der Waals surface area contributed by atoms with Gasteiger partial charge in [-0.1, -0.05) is 38.1 Å². The van der Waals surface area contributed by atoms with E-state index in [0.717, 1.165) is 30.4 Å². The van der Waals surface area contributed by atoms with E-state index in [9.17, 15) is 0 Å². The molecule has 4 saturated heterocycles. The van der Waals surface area contributed by atoms with Gasteiger partial charge in [-0.25, -0.2) is 9.78 Å². The number of hydrogen-bond donors (Lipinski definition) is 1. The largest absolute Gasteiger partial charge is 0.348 e. The Morgan fingerprint density at radius 1 is 1.03 bits per heavy atom. The summed E-state index contributed by atoms with van der Waals surface area (Å²) in [6.45, 7) is 7.54. The van der Waals surface area contributed by atoms with E-state index in [1.54, 1.807) is 0 Å². The van der Waals surface area contributed by atoms with E-state index in [1.165, 1.54) is 6.42 Å². The minimum absolute atomic E-state index is 0.194. The van der Waals surface area contributed by atoms with Gasteiger partial charge in [0.15, 0.2) is 18.2 Å². The van der Waals surface area contributed by atoms with Gasteiger partial charge < -0.3 is 19.9 Å². The van der Waals surface area contributed by atoms with Crippen molar-refractivity contribution < 1.29 is 24.0 Å². The first kappa shape index (κ1) is 19.9. The van der Waals surface area contributed by atoms with Gasteiger partial charge in [0, 0.05) is 24.8 Å². The van der Waals surface area contributed by atoms with Crippen LogP contribution in [0.25, 0.3) is 0 Å². The minimum Gasteiger partial charge on any atom is -0.348 e. The van der Waals surface area contributed by atoms with Crippen LogP contribution < -0.4 is 5.73 Å². The highest BCUT2D eigenvalue weighted by molar-refractivity contribution is 5.21. The molecule has 0 unspecified atom stereocenters. The third kappa shape index (κ3) is 3.16. The molecule has 1 aliphatic carbocycles. The Hall–Kier alpha value is -1.02. The van der Waals surface area contributed by atoms with Crippen LogP contribution in [0.2, 0.25) is 0 Å². The van der Waals surface area contributed by atoms with E-state index >= 15 is 0 Å². The maximum absolute atomic E-state index is 6.45. The van der Waals surface area contributed by atoms with Crippen LogP contribution in [-0.2, 0) is 37.1 Å². The number of hydrogen-bond acceptors (Lipinski definition) is 6. The van der Waals surface area contributed by atoms with Crippen molar-refractivity contribution in [2.24, 2.45) is 29.4 Å². The second-order valence-corrected chi connectivity index (χ2v) is 9.61. The van der Waals surface area contributed by atoms with Crippen LogP contribution >= 0.6 is 0 Å². The quantitative estimate of drug-likeness (QED) is 0.770. The van der Waals surface area contributed by atoms with Crippen LogP contribution in [0.4, 0.5) is 0 Å². The van der Waals surface area contributed by atoms with Gasteiger partial charge in [0.2, 0.25) is 5.79 Å². The Bertz CT molecular complexity index is 741. The fourth-order valence-electron chi connectivity index (χ4n) is 6.01. The zero-order chi connectivity index (χ0) is 20.2. The minimum atomic E-state index is -0.749. The predicted octanol–water partition coefficient (Wildman–Crippen LogP) is 3.87. The molecular formula is C23H33NO5. The van der Waals surface area contributed by atoms with Crippen molar-refractivity contribution in [1.29, 1.82) is 0 Å². The van der Waals surface area contributed by atoms with Crippen LogP contribution in [0.5, 0.6) is 0 Å². The van der Waals surface area contributed by atoms with Gasteiger partial charge in [-0.3, -0.25) is 0 Å². The van der Waals surface area contributed by atoms with Crippen molar-refractivity contribution in [2.45, 2.75) is 83.6 Å². The molecule has 0 amide bonds. The van der Waals surface area contributed by atoms with Gasteiger partial charge in [0.1, 0.15) is 0 Å². The standard InChI is InChI=1S/C23H33NO5/c1-14-4-9-19-15(2)20(25-13-17-7-5-16(12-24)6-8-17)26-21-23(19)18(14)10-11-22(3,27-21)28-29-23/h5-8,14-15,18-21H,4,9-13,24H2,1-3H3/t14-,15-,18+,19+,20+,21-,22+,23-/m1/s1. The van der Waals surface area contributed by atoms with Crippen molar-refractivity contribution >= 4 is 0 Å². The molecule has 2 bridgehead atoms. The Morgan fingerprint density at radius 2 is 1.79 bits per heavy atom. The van der Waals surface area contributed by atoms with Crippen LogP contribution in [0.3, 0.4) is 0 Å². The molecule has 5 aliphatic rings. The van der Waals surface area contributed by atoms with Crippen molar-refractivity contribution in [2.75, 3.05) is 0 Å². The molecular weight excluding hydrogens is 370 g/mol. The molecule has 0 radical (unpaired) electrons. The molecule has 1 spiro atoms. The molecule has 5 fully saturated rings. The lowest BCUT2D eigenvalue weighted by Gasteiger charge is -2.60. The number of rotatable bonds is 4. The molecule has 2 N–H and O–H groups in total. The summed E-state index contributed by atoms with van der Waals surface area (Å²) in [6, 6.07) is 8.23. The maximum Gasteiger partial charge on any atom is 0.201 e. The van der Waals surface area contributed by atoms with Gasteiger partial charge >= 0.3 is 0 Å². The molecule has 29 heavy (non-hydrogen) atoms. The molecule has 4 aliphatic heterocycles. The summed E-state index contributed by atoms with van der Waals surface area (Å²) in [6.07, 6.45) is 3.35. The van der Waals surface area contributed by atoms with E-state index < -0.39 is 17.7 Å². The summed E-state index contributed by atoms with van der Waals surface area (Å²) in [5, 5.41) is 0. The fraction of sp³-hybridized carbons (Fsp3) is 0.739. The third-order valence-corrected chi connectivity index (χ3v) is 7.77. The average Bonchev–Trinajstić information content (AvgIpc) is 2.96. The first-order valence-electron chi connectivity index (χ1n) is 11.0. The highest BCUT2D eigenvalue weighted by Crippen LogP contribution is 2.60. The Balaban J connectivity index is 1.38. The van der Waals surface area contributed by atoms with Gasteiger partial charge in [-0.15, -0.1) is 0 Å².